The summed E-state index contributed by atoms with van der Waals surface area (Å²) in [4.78, 5) is 6.90. The molecule has 1 aromatic heterocycles. The molecule has 20 heavy (non-hydrogen) atoms. The summed E-state index contributed by atoms with van der Waals surface area (Å²) in [7, 11) is 0. The van der Waals surface area contributed by atoms with Crippen molar-refractivity contribution < 1.29 is 9.26 Å². The molecule has 1 aliphatic carbocycles. The Kier molecular flexibility index (Phi) is 3.79. The molecule has 0 bridgehead atoms. The van der Waals surface area contributed by atoms with Gasteiger partial charge in [-0.15, -0.1) is 0 Å². The summed E-state index contributed by atoms with van der Waals surface area (Å²) < 4.78 is 11.2. The number of ether oxygens (including phenoxy) is 1. The van der Waals surface area contributed by atoms with Gasteiger partial charge >= 0.3 is 0 Å². The average molecular weight is 280 g/mol. The Morgan fingerprint density at radius 1 is 1.35 bits per heavy atom. The smallest absolute Gasteiger partial charge is 0.246 e. The van der Waals surface area contributed by atoms with Gasteiger partial charge in [-0.3, -0.25) is 4.90 Å². The zero-order valence-electron chi connectivity index (χ0n) is 12.3. The van der Waals surface area contributed by atoms with Crippen molar-refractivity contribution in [2.24, 2.45) is 5.73 Å². The summed E-state index contributed by atoms with van der Waals surface area (Å²) in [5.74, 6) is 1.22. The largest absolute Gasteiger partial charge is 0.367 e. The topological polar surface area (TPSA) is 77.4 Å². The fraction of sp³-hybridized carbons (Fsp3) is 0.857. The summed E-state index contributed by atoms with van der Waals surface area (Å²) in [6.07, 6.45) is 4.02. The van der Waals surface area contributed by atoms with E-state index in [2.05, 4.69) is 28.9 Å². The van der Waals surface area contributed by atoms with E-state index in [4.69, 9.17) is 15.0 Å². The lowest BCUT2D eigenvalue weighted by atomic mass is 9.99. The van der Waals surface area contributed by atoms with Crippen molar-refractivity contribution in [3.8, 4) is 0 Å². The van der Waals surface area contributed by atoms with Crippen LogP contribution in [0.3, 0.4) is 0 Å². The average Bonchev–Trinajstić information content (AvgIpc) is 3.08. The van der Waals surface area contributed by atoms with Gasteiger partial charge in [-0.25, -0.2) is 0 Å². The minimum Gasteiger partial charge on any atom is -0.367 e. The molecule has 0 amide bonds. The van der Waals surface area contributed by atoms with Gasteiger partial charge < -0.3 is 15.0 Å². The van der Waals surface area contributed by atoms with Gasteiger partial charge in [-0.1, -0.05) is 18.0 Å². The lowest BCUT2D eigenvalue weighted by molar-refractivity contribution is -0.0450. The summed E-state index contributed by atoms with van der Waals surface area (Å²) in [6.45, 7) is 6.86. The van der Waals surface area contributed by atoms with Crippen molar-refractivity contribution in [2.45, 2.75) is 57.2 Å². The highest BCUT2D eigenvalue weighted by Gasteiger charge is 2.38. The molecule has 2 heterocycles. The first-order valence-electron chi connectivity index (χ1n) is 7.57. The molecule has 2 aliphatic rings. The summed E-state index contributed by atoms with van der Waals surface area (Å²) in [5, 5.41) is 4.11. The number of hydrogen-bond donors (Lipinski definition) is 1. The second-order valence-corrected chi connectivity index (χ2v) is 6.27. The molecule has 1 atom stereocenters. The van der Waals surface area contributed by atoms with Crippen molar-refractivity contribution in [1.29, 1.82) is 0 Å². The molecule has 0 aromatic carbocycles. The first-order valence-corrected chi connectivity index (χ1v) is 7.57. The SMILES string of the molecule is CC(C)N1CCOC(c2noc(C3(N)CCCC3)n2)C1. The molecule has 1 saturated heterocycles. The fourth-order valence-corrected chi connectivity index (χ4v) is 3.08. The maximum atomic E-state index is 6.35. The Hall–Kier alpha value is -0.980. The molecule has 0 radical (unpaired) electrons. The van der Waals surface area contributed by atoms with Gasteiger partial charge in [0.2, 0.25) is 11.7 Å². The van der Waals surface area contributed by atoms with E-state index in [1.807, 2.05) is 0 Å². The van der Waals surface area contributed by atoms with E-state index in [0.717, 1.165) is 38.8 Å². The van der Waals surface area contributed by atoms with Crippen LogP contribution in [0.4, 0.5) is 0 Å². The number of hydrogen-bond acceptors (Lipinski definition) is 6. The first-order chi connectivity index (χ1) is 9.58. The molecule has 3 rings (SSSR count). The monoisotopic (exact) mass is 280 g/mol. The lowest BCUT2D eigenvalue weighted by Crippen LogP contribution is -2.42. The van der Waals surface area contributed by atoms with Crippen LogP contribution in [0.1, 0.15) is 57.3 Å². The molecule has 2 fully saturated rings. The van der Waals surface area contributed by atoms with Gasteiger partial charge in [0.1, 0.15) is 6.10 Å². The molecule has 1 aromatic rings. The molecule has 1 saturated carbocycles. The second kappa shape index (κ2) is 5.42. The Morgan fingerprint density at radius 3 is 2.80 bits per heavy atom. The van der Waals surface area contributed by atoms with Gasteiger partial charge in [0.25, 0.3) is 0 Å². The third-order valence-electron chi connectivity index (χ3n) is 4.48. The zero-order valence-corrected chi connectivity index (χ0v) is 12.3. The standard InChI is InChI=1S/C14H24N4O2/c1-10(2)18-7-8-19-11(9-18)12-16-13(20-17-12)14(15)5-3-4-6-14/h10-11H,3-9,15H2,1-2H3. The fourth-order valence-electron chi connectivity index (χ4n) is 3.08. The van der Waals surface area contributed by atoms with Gasteiger partial charge in [0.15, 0.2) is 0 Å². The van der Waals surface area contributed by atoms with Crippen LogP contribution in [0, 0.1) is 0 Å². The Morgan fingerprint density at radius 2 is 2.10 bits per heavy atom. The number of nitrogens with zero attached hydrogens (tertiary/aromatic N) is 3. The minimum absolute atomic E-state index is 0.103. The van der Waals surface area contributed by atoms with Gasteiger partial charge in [-0.2, -0.15) is 4.98 Å². The molecule has 6 heteroatoms. The summed E-state index contributed by atoms with van der Waals surface area (Å²) >= 11 is 0. The van der Waals surface area contributed by atoms with E-state index in [0.29, 0.717) is 24.4 Å². The molecule has 0 spiro atoms. The van der Waals surface area contributed by atoms with Crippen LogP contribution in [0.25, 0.3) is 0 Å². The summed E-state index contributed by atoms with van der Waals surface area (Å²) in [6, 6.07) is 0.503. The van der Waals surface area contributed by atoms with Gasteiger partial charge in [0.05, 0.1) is 12.1 Å². The van der Waals surface area contributed by atoms with Crippen molar-refractivity contribution in [3.05, 3.63) is 11.7 Å². The molecule has 6 nitrogen and oxygen atoms in total. The zero-order chi connectivity index (χ0) is 14.2. The van der Waals surface area contributed by atoms with E-state index in [1.54, 1.807) is 0 Å². The molecule has 2 N–H and O–H groups in total. The maximum absolute atomic E-state index is 6.35. The van der Waals surface area contributed by atoms with Crippen LogP contribution in [-0.2, 0) is 10.3 Å². The van der Waals surface area contributed by atoms with Crippen LogP contribution in [0.2, 0.25) is 0 Å². The molecular formula is C14H24N4O2. The highest BCUT2D eigenvalue weighted by molar-refractivity contribution is 5.06. The highest BCUT2D eigenvalue weighted by atomic mass is 16.5. The van der Waals surface area contributed by atoms with Crippen LogP contribution in [-0.4, -0.2) is 40.8 Å². The van der Waals surface area contributed by atoms with Gasteiger partial charge in [0, 0.05) is 19.1 Å². The van der Waals surface area contributed by atoms with Crippen molar-refractivity contribution in [2.75, 3.05) is 19.7 Å². The summed E-state index contributed by atoms with van der Waals surface area (Å²) in [5.41, 5.74) is 5.93. The number of morpholine rings is 1. The third kappa shape index (κ3) is 2.60. The van der Waals surface area contributed by atoms with Crippen molar-refractivity contribution in [1.82, 2.24) is 15.0 Å². The number of aromatic nitrogens is 2. The first kappa shape index (κ1) is 14.0. The maximum Gasteiger partial charge on any atom is 0.246 e. The lowest BCUT2D eigenvalue weighted by Gasteiger charge is -2.34. The second-order valence-electron chi connectivity index (χ2n) is 6.27. The van der Waals surface area contributed by atoms with Gasteiger partial charge in [-0.05, 0) is 26.7 Å². The van der Waals surface area contributed by atoms with Crippen LogP contribution in [0.15, 0.2) is 4.52 Å². The Bertz CT molecular complexity index is 454. The number of rotatable bonds is 3. The Balaban J connectivity index is 1.73. The quantitative estimate of drug-likeness (QED) is 0.905. The molecule has 1 unspecified atom stereocenters. The van der Waals surface area contributed by atoms with E-state index in [1.165, 1.54) is 0 Å². The molecular weight excluding hydrogens is 256 g/mol. The molecule has 112 valence electrons. The molecule has 1 aliphatic heterocycles. The van der Waals surface area contributed by atoms with E-state index < -0.39 is 5.54 Å². The van der Waals surface area contributed by atoms with Crippen molar-refractivity contribution in [3.63, 3.8) is 0 Å². The van der Waals surface area contributed by atoms with Crippen LogP contribution in [0.5, 0.6) is 0 Å². The van der Waals surface area contributed by atoms with E-state index in [-0.39, 0.29) is 6.10 Å². The van der Waals surface area contributed by atoms with Crippen molar-refractivity contribution >= 4 is 0 Å². The predicted molar refractivity (Wildman–Crippen MR) is 74.0 cm³/mol. The Labute approximate surface area is 119 Å². The number of nitrogens with two attached hydrogens (primary N) is 1. The predicted octanol–water partition coefficient (Wildman–Crippen LogP) is 1.58. The van der Waals surface area contributed by atoms with E-state index in [9.17, 15) is 0 Å². The highest BCUT2D eigenvalue weighted by Crippen LogP contribution is 2.36. The third-order valence-corrected chi connectivity index (χ3v) is 4.48. The van der Waals surface area contributed by atoms with Crippen LogP contribution < -0.4 is 5.73 Å². The minimum atomic E-state index is -0.419. The van der Waals surface area contributed by atoms with E-state index >= 15 is 0 Å². The normalized spacial score (nSPS) is 27.3. The van der Waals surface area contributed by atoms with Crippen LogP contribution >= 0.6 is 0 Å².